The van der Waals surface area contributed by atoms with Crippen molar-refractivity contribution in [2.45, 2.75) is 0 Å². The van der Waals surface area contributed by atoms with Gasteiger partial charge in [0.15, 0.2) is 12.0 Å². The van der Waals surface area contributed by atoms with Gasteiger partial charge in [-0.25, -0.2) is 0 Å². The average Bonchev–Trinajstić information content (AvgIpc) is 2.25. The summed E-state index contributed by atoms with van der Waals surface area (Å²) in [4.78, 5) is 20.1. The molecule has 1 aliphatic heterocycles. The molecule has 0 radical (unpaired) electrons. The molecule has 11 heavy (non-hydrogen) atoms. The molecule has 0 spiro atoms. The van der Waals surface area contributed by atoms with Gasteiger partial charge in [0.05, 0.1) is 4.92 Å². The van der Waals surface area contributed by atoms with Crippen LogP contribution in [0.4, 0.5) is 11.4 Å². The molecule has 0 saturated heterocycles. The molecular weight excluding hydrogens is 152 g/mol. The highest BCUT2D eigenvalue weighted by molar-refractivity contribution is 6.18. The second kappa shape index (κ2) is 1.60. The normalized spacial score (nSPS) is 13.3. The molecule has 2 rings (SSSR count). The van der Waals surface area contributed by atoms with Gasteiger partial charge in [-0.15, -0.1) is 0 Å². The predicted molar refractivity (Wildman–Crippen MR) is 33.3 cm³/mol. The number of nitro groups is 1. The summed E-state index contributed by atoms with van der Waals surface area (Å²) in [5, 5.41) is 12.4. The summed E-state index contributed by atoms with van der Waals surface area (Å²) in [5.74, 6) is -0.371. The van der Waals surface area contributed by atoms with Crippen molar-refractivity contribution in [3.8, 4) is 0 Å². The molecule has 0 aromatic carbocycles. The van der Waals surface area contributed by atoms with E-state index in [0.717, 1.165) is 6.26 Å². The van der Waals surface area contributed by atoms with Crippen LogP contribution in [0.3, 0.4) is 0 Å². The molecule has 0 unspecified atom stereocenters. The minimum absolute atomic E-state index is 0.0386. The lowest BCUT2D eigenvalue weighted by molar-refractivity contribution is -0.384. The summed E-state index contributed by atoms with van der Waals surface area (Å²) in [5.41, 5.74) is -0.0143. The van der Waals surface area contributed by atoms with Crippen molar-refractivity contribution in [2.75, 3.05) is 5.32 Å². The van der Waals surface area contributed by atoms with Crippen molar-refractivity contribution >= 4 is 17.3 Å². The van der Waals surface area contributed by atoms with Crippen LogP contribution in [0.1, 0.15) is 10.6 Å². The van der Waals surface area contributed by atoms with Crippen molar-refractivity contribution in [1.82, 2.24) is 0 Å². The topological polar surface area (TPSA) is 85.4 Å². The van der Waals surface area contributed by atoms with Crippen molar-refractivity contribution in [1.29, 1.82) is 0 Å². The van der Waals surface area contributed by atoms with Crippen molar-refractivity contribution in [3.63, 3.8) is 0 Å². The summed E-state index contributed by atoms with van der Waals surface area (Å²) in [6, 6.07) is 0. The molecule has 1 N–H and O–H groups in total. The Morgan fingerprint density at radius 2 is 2.36 bits per heavy atom. The summed E-state index contributed by atoms with van der Waals surface area (Å²) in [6.45, 7) is 0. The van der Waals surface area contributed by atoms with Gasteiger partial charge >= 0.3 is 5.69 Å². The second-order valence-corrected chi connectivity index (χ2v) is 2.04. The number of hydrogen-bond acceptors (Lipinski definition) is 4. The van der Waals surface area contributed by atoms with E-state index in [4.69, 9.17) is 0 Å². The highest BCUT2D eigenvalue weighted by Gasteiger charge is 2.36. The molecule has 0 fully saturated rings. The lowest BCUT2D eigenvalue weighted by Crippen LogP contribution is -2.23. The second-order valence-electron chi connectivity index (χ2n) is 2.04. The van der Waals surface area contributed by atoms with Crippen LogP contribution in [0.15, 0.2) is 10.7 Å². The van der Waals surface area contributed by atoms with Crippen molar-refractivity contribution < 1.29 is 14.1 Å². The van der Waals surface area contributed by atoms with E-state index in [1.807, 2.05) is 0 Å². The molecule has 1 aromatic rings. The van der Waals surface area contributed by atoms with Crippen molar-refractivity contribution in [3.05, 3.63) is 22.1 Å². The van der Waals surface area contributed by atoms with Gasteiger partial charge < -0.3 is 9.73 Å². The Hall–Kier alpha value is -1.85. The molecule has 0 bridgehead atoms. The van der Waals surface area contributed by atoms with Crippen LogP contribution in [0.5, 0.6) is 0 Å². The number of anilines is 1. The molecule has 0 atom stereocenters. The summed E-state index contributed by atoms with van der Waals surface area (Å²) < 4.78 is 4.60. The van der Waals surface area contributed by atoms with Crippen LogP contribution in [0.2, 0.25) is 0 Å². The number of nitrogens with one attached hydrogen (secondary N) is 1. The fraction of sp³-hybridized carbons (Fsp3) is 0. The Morgan fingerprint density at radius 3 is 2.82 bits per heavy atom. The molecule has 0 aliphatic carbocycles. The predicted octanol–water partition coefficient (Wildman–Crippen LogP) is 0.753. The molecule has 1 amide bonds. The Balaban J connectivity index is 2.55. The molecule has 0 saturated carbocycles. The monoisotopic (exact) mass is 154 g/mol. The molecule has 6 heteroatoms. The van der Waals surface area contributed by atoms with E-state index in [9.17, 15) is 14.9 Å². The average molecular weight is 154 g/mol. The first-order valence-corrected chi connectivity index (χ1v) is 2.77. The molecular formula is C5H2N2O4. The van der Waals surface area contributed by atoms with Gasteiger partial charge in [0.25, 0.3) is 5.91 Å². The van der Waals surface area contributed by atoms with Crippen LogP contribution < -0.4 is 5.32 Å². The third-order valence-electron chi connectivity index (χ3n) is 1.41. The molecule has 1 aliphatic rings. The van der Waals surface area contributed by atoms with E-state index in [1.165, 1.54) is 0 Å². The zero-order chi connectivity index (χ0) is 8.01. The largest absolute Gasteiger partial charge is 0.449 e. The zero-order valence-corrected chi connectivity index (χ0v) is 5.16. The Bertz CT molecular complexity index is 353. The first kappa shape index (κ1) is 5.90. The maximum atomic E-state index is 10.5. The van der Waals surface area contributed by atoms with Crippen LogP contribution >= 0.6 is 0 Å². The first-order valence-electron chi connectivity index (χ1n) is 2.77. The lowest BCUT2D eigenvalue weighted by Gasteiger charge is -2.09. The van der Waals surface area contributed by atoms with Crippen LogP contribution in [-0.4, -0.2) is 10.8 Å². The van der Waals surface area contributed by atoms with Gasteiger partial charge in [0, 0.05) is 0 Å². The fourth-order valence-corrected chi connectivity index (χ4v) is 0.879. The highest BCUT2D eigenvalue weighted by atomic mass is 16.6. The SMILES string of the molecule is O=C1Nc2c([N+](=O)[O-])coc21. The standard InChI is InChI=1S/C5H2N2O4/c8-5-4-3(6-5)2(1-11-4)7(9)10/h1H,(H,6,8). The number of carbonyl (C=O) groups is 1. The quantitative estimate of drug-likeness (QED) is 0.477. The fourth-order valence-electron chi connectivity index (χ4n) is 0.879. The van der Waals surface area contributed by atoms with E-state index in [2.05, 4.69) is 9.73 Å². The number of furan rings is 1. The third-order valence-corrected chi connectivity index (χ3v) is 1.41. The summed E-state index contributed by atoms with van der Waals surface area (Å²) in [7, 11) is 0. The third kappa shape index (κ3) is 0.575. The highest BCUT2D eigenvalue weighted by Crippen LogP contribution is 2.36. The maximum absolute atomic E-state index is 10.5. The molecule has 2 heterocycles. The van der Waals surface area contributed by atoms with Gasteiger partial charge in [-0.05, 0) is 0 Å². The zero-order valence-electron chi connectivity index (χ0n) is 5.16. The van der Waals surface area contributed by atoms with E-state index in [0.29, 0.717) is 0 Å². The summed E-state index contributed by atoms with van der Waals surface area (Å²) in [6.07, 6.45) is 0.947. The number of amides is 1. The Morgan fingerprint density at radius 1 is 1.64 bits per heavy atom. The Labute approximate surface area is 59.9 Å². The number of hydrogen-bond donors (Lipinski definition) is 1. The van der Waals surface area contributed by atoms with Gasteiger partial charge in [-0.3, -0.25) is 14.9 Å². The molecule has 6 nitrogen and oxygen atoms in total. The molecule has 56 valence electrons. The van der Waals surface area contributed by atoms with Gasteiger partial charge in [-0.1, -0.05) is 0 Å². The lowest BCUT2D eigenvalue weighted by atomic mass is 10.2. The van der Waals surface area contributed by atoms with E-state index in [1.54, 1.807) is 0 Å². The first-order chi connectivity index (χ1) is 5.20. The van der Waals surface area contributed by atoms with Crippen molar-refractivity contribution in [2.24, 2.45) is 0 Å². The van der Waals surface area contributed by atoms with Crippen LogP contribution in [-0.2, 0) is 0 Å². The van der Waals surface area contributed by atoms with Gasteiger partial charge in [-0.2, -0.15) is 0 Å². The molecule has 1 aromatic heterocycles. The summed E-state index contributed by atoms with van der Waals surface area (Å²) >= 11 is 0. The number of nitrogens with zero attached hydrogens (tertiary/aromatic N) is 1. The number of carbonyl (C=O) groups excluding carboxylic acids is 1. The van der Waals surface area contributed by atoms with E-state index in [-0.39, 0.29) is 17.1 Å². The van der Waals surface area contributed by atoms with E-state index >= 15 is 0 Å². The Kier molecular flexibility index (Phi) is 0.857. The smallest absolute Gasteiger partial charge is 0.331 e. The van der Waals surface area contributed by atoms with Gasteiger partial charge in [0.2, 0.25) is 5.76 Å². The van der Waals surface area contributed by atoms with E-state index < -0.39 is 10.8 Å². The number of rotatable bonds is 1. The maximum Gasteiger partial charge on any atom is 0.331 e. The number of fused-ring (bicyclic) bond motifs is 1. The van der Waals surface area contributed by atoms with Crippen LogP contribution in [0.25, 0.3) is 0 Å². The van der Waals surface area contributed by atoms with Crippen LogP contribution in [0, 0.1) is 10.1 Å². The van der Waals surface area contributed by atoms with Gasteiger partial charge in [0.1, 0.15) is 0 Å². The minimum atomic E-state index is -0.609. The minimum Gasteiger partial charge on any atom is -0.449 e.